The van der Waals surface area contributed by atoms with Crippen LogP contribution in [0.4, 0.5) is 5.82 Å². The molecule has 108 valence electrons. The van der Waals surface area contributed by atoms with Crippen molar-refractivity contribution in [3.8, 4) is 0 Å². The molecule has 1 N–H and O–H groups in total. The summed E-state index contributed by atoms with van der Waals surface area (Å²) in [4.78, 5) is 17.9. The van der Waals surface area contributed by atoms with Gasteiger partial charge < -0.3 is 14.6 Å². The first kappa shape index (κ1) is 13.6. The Morgan fingerprint density at radius 3 is 3.25 bits per heavy atom. The molecule has 0 radical (unpaired) electrons. The van der Waals surface area contributed by atoms with Crippen LogP contribution >= 0.6 is 11.6 Å². The van der Waals surface area contributed by atoms with Gasteiger partial charge in [-0.25, -0.2) is 4.98 Å². The van der Waals surface area contributed by atoms with Gasteiger partial charge in [0.25, 0.3) is 0 Å². The first-order valence-corrected chi connectivity index (χ1v) is 7.39. The van der Waals surface area contributed by atoms with Gasteiger partial charge in [0.1, 0.15) is 5.52 Å². The van der Waals surface area contributed by atoms with Gasteiger partial charge in [-0.15, -0.1) is 0 Å². The number of ether oxygens (including phenoxy) is 1. The molecule has 0 amide bonds. The fourth-order valence-corrected chi connectivity index (χ4v) is 2.73. The quantitative estimate of drug-likeness (QED) is 0.877. The van der Waals surface area contributed by atoms with Gasteiger partial charge in [0.2, 0.25) is 5.28 Å². The zero-order chi connectivity index (χ0) is 13.9. The van der Waals surface area contributed by atoms with Crippen molar-refractivity contribution in [2.24, 2.45) is 0 Å². The first-order valence-electron chi connectivity index (χ1n) is 7.01. The lowest BCUT2D eigenvalue weighted by Gasteiger charge is -2.33. The minimum Gasteiger partial charge on any atom is -0.376 e. The Morgan fingerprint density at radius 1 is 1.50 bits per heavy atom. The third kappa shape index (κ3) is 2.71. The zero-order valence-corrected chi connectivity index (χ0v) is 12.2. The van der Waals surface area contributed by atoms with Gasteiger partial charge in [0.15, 0.2) is 11.5 Å². The molecular weight excluding hydrogens is 278 g/mol. The van der Waals surface area contributed by atoms with E-state index >= 15 is 0 Å². The van der Waals surface area contributed by atoms with Crippen LogP contribution in [0.5, 0.6) is 0 Å². The Morgan fingerprint density at radius 2 is 2.40 bits per heavy atom. The highest BCUT2D eigenvalue weighted by Crippen LogP contribution is 2.26. The van der Waals surface area contributed by atoms with Crippen LogP contribution in [-0.2, 0) is 4.74 Å². The number of fused-ring (bicyclic) bond motifs is 1. The molecule has 20 heavy (non-hydrogen) atoms. The van der Waals surface area contributed by atoms with E-state index in [1.54, 1.807) is 6.33 Å². The molecule has 6 nitrogen and oxygen atoms in total. The average Bonchev–Trinajstić information content (AvgIpc) is 2.92. The van der Waals surface area contributed by atoms with Gasteiger partial charge in [-0.05, 0) is 30.9 Å². The summed E-state index contributed by atoms with van der Waals surface area (Å²) in [5, 5.41) is 0.233. The van der Waals surface area contributed by atoms with E-state index in [9.17, 15) is 0 Å². The average molecular weight is 296 g/mol. The lowest BCUT2D eigenvalue weighted by molar-refractivity contribution is 0.0439. The predicted molar refractivity (Wildman–Crippen MR) is 78.2 cm³/mol. The predicted octanol–water partition coefficient (Wildman–Crippen LogP) is 2.40. The number of anilines is 1. The molecule has 1 aliphatic heterocycles. The van der Waals surface area contributed by atoms with E-state index in [-0.39, 0.29) is 11.4 Å². The SMILES string of the molecule is CCCOC1CCCN(c2nc(Cl)nc3nc[nH]c23)C1. The maximum Gasteiger partial charge on any atom is 0.226 e. The number of imidazole rings is 1. The number of hydrogen-bond acceptors (Lipinski definition) is 5. The summed E-state index contributed by atoms with van der Waals surface area (Å²) in [5.74, 6) is 0.822. The number of aromatic amines is 1. The Hall–Kier alpha value is -1.40. The number of halogens is 1. The van der Waals surface area contributed by atoms with Crippen LogP contribution in [0.15, 0.2) is 6.33 Å². The van der Waals surface area contributed by atoms with E-state index in [1.165, 1.54) is 0 Å². The van der Waals surface area contributed by atoms with E-state index < -0.39 is 0 Å². The molecule has 2 aromatic heterocycles. The number of aromatic nitrogens is 4. The number of piperidine rings is 1. The van der Waals surface area contributed by atoms with Crippen molar-refractivity contribution in [3.05, 3.63) is 11.6 Å². The second-order valence-electron chi connectivity index (χ2n) is 5.00. The van der Waals surface area contributed by atoms with E-state index in [0.717, 1.165) is 50.3 Å². The summed E-state index contributed by atoms with van der Waals surface area (Å²) < 4.78 is 5.86. The molecule has 1 fully saturated rings. The van der Waals surface area contributed by atoms with Crippen molar-refractivity contribution >= 4 is 28.6 Å². The van der Waals surface area contributed by atoms with Gasteiger partial charge in [-0.1, -0.05) is 6.92 Å². The summed E-state index contributed by atoms with van der Waals surface area (Å²) in [6, 6.07) is 0. The number of H-pyrrole nitrogens is 1. The van der Waals surface area contributed by atoms with Crippen LogP contribution in [0.1, 0.15) is 26.2 Å². The van der Waals surface area contributed by atoms with Crippen molar-refractivity contribution < 1.29 is 4.74 Å². The Kier molecular flexibility index (Phi) is 4.03. The second-order valence-corrected chi connectivity index (χ2v) is 5.34. The number of nitrogens with one attached hydrogen (secondary N) is 1. The topological polar surface area (TPSA) is 66.9 Å². The van der Waals surface area contributed by atoms with E-state index in [1.807, 2.05) is 0 Å². The molecule has 0 bridgehead atoms. The van der Waals surface area contributed by atoms with Crippen LogP contribution in [-0.4, -0.2) is 45.7 Å². The molecule has 1 saturated heterocycles. The largest absolute Gasteiger partial charge is 0.376 e. The maximum absolute atomic E-state index is 5.99. The van der Waals surface area contributed by atoms with E-state index in [0.29, 0.717) is 5.65 Å². The second kappa shape index (κ2) is 5.93. The lowest BCUT2D eigenvalue weighted by atomic mass is 10.1. The normalized spacial score (nSPS) is 19.7. The summed E-state index contributed by atoms with van der Waals surface area (Å²) in [6.45, 7) is 4.72. The molecule has 0 saturated carbocycles. The molecule has 0 aromatic carbocycles. The maximum atomic E-state index is 5.99. The molecule has 7 heteroatoms. The Balaban J connectivity index is 1.84. The summed E-state index contributed by atoms with van der Waals surface area (Å²) >= 11 is 5.99. The van der Waals surface area contributed by atoms with Gasteiger partial charge in [-0.3, -0.25) is 0 Å². The number of hydrogen-bond donors (Lipinski definition) is 1. The van der Waals surface area contributed by atoms with Crippen LogP contribution in [0.25, 0.3) is 11.2 Å². The van der Waals surface area contributed by atoms with Crippen LogP contribution in [0, 0.1) is 0 Å². The molecule has 2 aromatic rings. The fraction of sp³-hybridized carbons (Fsp3) is 0.615. The molecule has 3 heterocycles. The lowest BCUT2D eigenvalue weighted by Crippen LogP contribution is -2.40. The highest BCUT2D eigenvalue weighted by atomic mass is 35.5. The standard InChI is InChI=1S/C13H18ClN5O/c1-2-6-20-9-4-3-5-19(7-9)12-10-11(16-8-15-10)17-13(14)18-12/h8-9H,2-7H2,1H3,(H,15,16,17,18). The van der Waals surface area contributed by atoms with Gasteiger partial charge >= 0.3 is 0 Å². The van der Waals surface area contributed by atoms with E-state index in [4.69, 9.17) is 16.3 Å². The molecule has 1 aliphatic rings. The summed E-state index contributed by atoms with van der Waals surface area (Å²) in [7, 11) is 0. The number of nitrogens with zero attached hydrogens (tertiary/aromatic N) is 4. The Labute approximate surface area is 122 Å². The van der Waals surface area contributed by atoms with Crippen molar-refractivity contribution in [1.29, 1.82) is 0 Å². The summed E-state index contributed by atoms with van der Waals surface area (Å²) in [6.07, 6.45) is 5.11. The minimum absolute atomic E-state index is 0.233. The minimum atomic E-state index is 0.233. The highest BCUT2D eigenvalue weighted by molar-refractivity contribution is 6.28. The first-order chi connectivity index (χ1) is 9.78. The van der Waals surface area contributed by atoms with Crippen molar-refractivity contribution in [2.75, 3.05) is 24.6 Å². The zero-order valence-electron chi connectivity index (χ0n) is 11.5. The molecule has 1 atom stereocenters. The van der Waals surface area contributed by atoms with Gasteiger partial charge in [0, 0.05) is 19.7 Å². The molecule has 0 spiro atoms. The van der Waals surface area contributed by atoms with Crippen molar-refractivity contribution in [2.45, 2.75) is 32.3 Å². The molecule has 0 aliphatic carbocycles. The molecule has 3 rings (SSSR count). The third-order valence-electron chi connectivity index (χ3n) is 3.47. The Bertz CT molecular complexity index is 587. The van der Waals surface area contributed by atoms with Crippen molar-refractivity contribution in [3.63, 3.8) is 0 Å². The van der Waals surface area contributed by atoms with Gasteiger partial charge in [-0.2, -0.15) is 9.97 Å². The molecule has 1 unspecified atom stereocenters. The monoisotopic (exact) mass is 295 g/mol. The fourth-order valence-electron chi connectivity index (χ4n) is 2.57. The van der Waals surface area contributed by atoms with Crippen LogP contribution in [0.2, 0.25) is 5.28 Å². The van der Waals surface area contributed by atoms with Crippen molar-refractivity contribution in [1.82, 2.24) is 19.9 Å². The third-order valence-corrected chi connectivity index (χ3v) is 3.64. The van der Waals surface area contributed by atoms with E-state index in [2.05, 4.69) is 31.8 Å². The molecular formula is C13H18ClN5O. The highest BCUT2D eigenvalue weighted by Gasteiger charge is 2.24. The van der Waals surface area contributed by atoms with Crippen LogP contribution in [0.3, 0.4) is 0 Å². The van der Waals surface area contributed by atoms with Crippen LogP contribution < -0.4 is 4.90 Å². The summed E-state index contributed by atoms with van der Waals surface area (Å²) in [5.41, 5.74) is 1.45. The van der Waals surface area contributed by atoms with Gasteiger partial charge in [0.05, 0.1) is 12.4 Å². The number of rotatable bonds is 4. The smallest absolute Gasteiger partial charge is 0.226 e.